The van der Waals surface area contributed by atoms with E-state index >= 15 is 0 Å². The van der Waals surface area contributed by atoms with Crippen LogP contribution in [0.5, 0.6) is 0 Å². The summed E-state index contributed by atoms with van der Waals surface area (Å²) in [5, 5.41) is 13.2. The topological polar surface area (TPSA) is 70.0 Å². The maximum absolute atomic E-state index is 13.5. The van der Waals surface area contributed by atoms with Gasteiger partial charge in [0, 0.05) is 18.5 Å². The second-order valence-electron chi connectivity index (χ2n) is 10.4. The second kappa shape index (κ2) is 6.30. The van der Waals surface area contributed by atoms with Crippen LogP contribution in [0.2, 0.25) is 0 Å². The van der Waals surface area contributed by atoms with Crippen molar-refractivity contribution in [3.8, 4) is 0 Å². The number of hydrogen-bond acceptors (Lipinski definition) is 4. The Balaban J connectivity index is 1.36. The minimum absolute atomic E-state index is 0.0898. The van der Waals surface area contributed by atoms with Gasteiger partial charge in [-0.1, -0.05) is 43.3 Å². The van der Waals surface area contributed by atoms with Crippen molar-refractivity contribution in [2.45, 2.75) is 64.2 Å². The third-order valence-electron chi connectivity index (χ3n) is 9.25. The van der Waals surface area contributed by atoms with E-state index in [1.165, 1.54) is 11.1 Å². The van der Waals surface area contributed by atoms with Gasteiger partial charge in [0.2, 0.25) is 10.0 Å². The van der Waals surface area contributed by atoms with Gasteiger partial charge in [-0.3, -0.25) is 0 Å². The first-order valence-electron chi connectivity index (χ1n) is 11.0. The van der Waals surface area contributed by atoms with Crippen LogP contribution in [-0.4, -0.2) is 42.5 Å². The molecule has 29 heavy (non-hydrogen) atoms. The number of hydrogen-bond donors (Lipinski definition) is 1. The highest BCUT2D eigenvalue weighted by Gasteiger charge is 2.64. The molecule has 6 heteroatoms. The van der Waals surface area contributed by atoms with E-state index < -0.39 is 15.4 Å². The van der Waals surface area contributed by atoms with Crippen molar-refractivity contribution in [3.63, 3.8) is 0 Å². The molecule has 1 heterocycles. The molecule has 1 spiro atoms. The molecule has 2 atom stereocenters. The summed E-state index contributed by atoms with van der Waals surface area (Å²) in [6.07, 6.45) is 6.64. The predicted octanol–water partition coefficient (Wildman–Crippen LogP) is 3.95. The molecule has 2 bridgehead atoms. The van der Waals surface area contributed by atoms with E-state index in [1.807, 2.05) is 0 Å². The van der Waals surface area contributed by atoms with Gasteiger partial charge in [-0.25, -0.2) is 12.7 Å². The van der Waals surface area contributed by atoms with Crippen molar-refractivity contribution < 1.29 is 13.6 Å². The molecule has 0 unspecified atom stereocenters. The van der Waals surface area contributed by atoms with E-state index in [1.54, 1.807) is 4.31 Å². The van der Waals surface area contributed by atoms with Gasteiger partial charge in [-0.05, 0) is 72.8 Å². The van der Waals surface area contributed by atoms with Gasteiger partial charge in [0.05, 0.1) is 11.5 Å². The molecule has 0 amide bonds. The molecular formula is C23H32N2O3S. The van der Waals surface area contributed by atoms with Crippen LogP contribution >= 0.6 is 0 Å². The molecule has 4 aliphatic rings. The summed E-state index contributed by atoms with van der Waals surface area (Å²) in [5.74, 6) is 0.509. The van der Waals surface area contributed by atoms with Crippen LogP contribution in [-0.2, 0) is 21.9 Å². The number of nitrogens with zero attached hydrogens (tertiary/aromatic N) is 2. The molecule has 3 fully saturated rings. The molecule has 0 radical (unpaired) electrons. The van der Waals surface area contributed by atoms with Gasteiger partial charge in [-0.15, -0.1) is 0 Å². The van der Waals surface area contributed by atoms with Gasteiger partial charge >= 0.3 is 0 Å². The molecule has 1 aromatic carbocycles. The van der Waals surface area contributed by atoms with E-state index in [-0.39, 0.29) is 16.6 Å². The Hall–Kier alpha value is -1.40. The zero-order valence-electron chi connectivity index (χ0n) is 17.5. The maximum Gasteiger partial charge on any atom is 0.215 e. The number of piperidine rings is 1. The van der Waals surface area contributed by atoms with E-state index in [2.05, 4.69) is 43.3 Å². The minimum atomic E-state index is -3.41. The number of aryl methyl sites for hydroxylation is 1. The largest absolute Gasteiger partial charge is 0.411 e. The molecule has 1 saturated heterocycles. The molecule has 1 N–H and O–H groups in total. The monoisotopic (exact) mass is 416 g/mol. The fourth-order valence-electron chi connectivity index (χ4n) is 7.15. The number of benzene rings is 1. The van der Waals surface area contributed by atoms with Crippen LogP contribution in [0.15, 0.2) is 29.4 Å². The first kappa shape index (κ1) is 19.6. The van der Waals surface area contributed by atoms with Crippen molar-refractivity contribution in [3.05, 3.63) is 35.4 Å². The summed E-state index contributed by atoms with van der Waals surface area (Å²) in [6.45, 7) is 5.53. The standard InChI is InChI=1S/C23H32N2O3S/c1-21(2)18-8-10-23(21,20(15-18)24-26)16-29(27,28)25-13-11-22(12-14-25)9-7-17-5-3-4-6-19(17)22/h3-6,18,26H,7-16H2,1-2H3/b24-20-/t18-,23-/m1/s1. The average Bonchev–Trinajstić information content (AvgIpc) is 3.24. The zero-order chi connectivity index (χ0) is 20.5. The van der Waals surface area contributed by atoms with Crippen molar-refractivity contribution in [1.82, 2.24) is 4.31 Å². The lowest BCUT2D eigenvalue weighted by molar-refractivity contribution is 0.186. The number of sulfonamides is 1. The van der Waals surface area contributed by atoms with Crippen LogP contribution in [0.1, 0.15) is 63.5 Å². The number of oxime groups is 1. The Labute approximate surface area is 174 Å². The van der Waals surface area contributed by atoms with Crippen molar-refractivity contribution in [2.24, 2.45) is 21.9 Å². The highest BCUT2D eigenvalue weighted by atomic mass is 32.2. The van der Waals surface area contributed by atoms with E-state index in [9.17, 15) is 13.6 Å². The summed E-state index contributed by atoms with van der Waals surface area (Å²) < 4.78 is 28.8. The maximum atomic E-state index is 13.5. The zero-order valence-corrected chi connectivity index (χ0v) is 18.3. The lowest BCUT2D eigenvalue weighted by Gasteiger charge is -2.42. The van der Waals surface area contributed by atoms with E-state index in [0.717, 1.165) is 44.9 Å². The van der Waals surface area contributed by atoms with Gasteiger partial charge in [0.1, 0.15) is 0 Å². The predicted molar refractivity (Wildman–Crippen MR) is 114 cm³/mol. The van der Waals surface area contributed by atoms with Crippen LogP contribution in [0.3, 0.4) is 0 Å². The quantitative estimate of drug-likeness (QED) is 0.599. The summed E-state index contributed by atoms with van der Waals surface area (Å²) >= 11 is 0. The SMILES string of the molecule is CC1(C)[C@@H]2CC[C@@]1(CS(=O)(=O)N1CCC3(CCc4ccccc43)CC1)/C(=N\O)C2. The fraction of sp³-hybridized carbons (Fsp3) is 0.696. The van der Waals surface area contributed by atoms with Crippen LogP contribution in [0.4, 0.5) is 0 Å². The average molecular weight is 417 g/mol. The summed E-state index contributed by atoms with van der Waals surface area (Å²) in [4.78, 5) is 0. The van der Waals surface area contributed by atoms with E-state index in [0.29, 0.717) is 24.7 Å². The molecule has 158 valence electrons. The molecular weight excluding hydrogens is 384 g/mol. The van der Waals surface area contributed by atoms with Crippen molar-refractivity contribution >= 4 is 15.7 Å². The normalized spacial score (nSPS) is 34.1. The first-order chi connectivity index (χ1) is 13.7. The Kier molecular flexibility index (Phi) is 4.25. The van der Waals surface area contributed by atoms with Gasteiger partial charge < -0.3 is 5.21 Å². The van der Waals surface area contributed by atoms with Gasteiger partial charge in [-0.2, -0.15) is 0 Å². The van der Waals surface area contributed by atoms with E-state index in [4.69, 9.17) is 0 Å². The lowest BCUT2D eigenvalue weighted by atomic mass is 9.70. The third kappa shape index (κ3) is 2.61. The van der Waals surface area contributed by atoms with Gasteiger partial charge in [0.15, 0.2) is 0 Å². The summed E-state index contributed by atoms with van der Waals surface area (Å²) in [6, 6.07) is 8.69. The number of fused-ring (bicyclic) bond motifs is 4. The molecule has 1 aliphatic heterocycles. The number of rotatable bonds is 3. The molecule has 0 aromatic heterocycles. The second-order valence-corrected chi connectivity index (χ2v) is 12.4. The Bertz CT molecular complexity index is 960. The Morgan fingerprint density at radius 3 is 2.55 bits per heavy atom. The lowest BCUT2D eigenvalue weighted by Crippen LogP contribution is -2.50. The van der Waals surface area contributed by atoms with Crippen LogP contribution in [0.25, 0.3) is 0 Å². The fourth-order valence-corrected chi connectivity index (χ4v) is 9.38. The Morgan fingerprint density at radius 1 is 1.14 bits per heavy atom. The summed E-state index contributed by atoms with van der Waals surface area (Å²) in [5.41, 5.74) is 3.10. The smallest absolute Gasteiger partial charge is 0.215 e. The molecule has 5 nitrogen and oxygen atoms in total. The Morgan fingerprint density at radius 2 is 1.86 bits per heavy atom. The minimum Gasteiger partial charge on any atom is -0.411 e. The molecule has 2 saturated carbocycles. The van der Waals surface area contributed by atoms with Gasteiger partial charge in [0.25, 0.3) is 0 Å². The van der Waals surface area contributed by atoms with Crippen LogP contribution in [0, 0.1) is 16.7 Å². The molecule has 1 aromatic rings. The third-order valence-corrected chi connectivity index (χ3v) is 11.3. The highest BCUT2D eigenvalue weighted by molar-refractivity contribution is 7.89. The molecule has 3 aliphatic carbocycles. The highest BCUT2D eigenvalue weighted by Crippen LogP contribution is 2.64. The first-order valence-corrected chi connectivity index (χ1v) is 12.6. The summed E-state index contributed by atoms with van der Waals surface area (Å²) in [7, 11) is -3.41. The van der Waals surface area contributed by atoms with Crippen molar-refractivity contribution in [2.75, 3.05) is 18.8 Å². The van der Waals surface area contributed by atoms with Crippen LogP contribution < -0.4 is 0 Å². The molecule has 5 rings (SSSR count). The van der Waals surface area contributed by atoms with Crippen molar-refractivity contribution in [1.29, 1.82) is 0 Å².